The zero-order valence-electron chi connectivity index (χ0n) is 5.81. The average molecular weight is 115 g/mol. The highest BCUT2D eigenvalue weighted by molar-refractivity contribution is 4.50. The monoisotopic (exact) mass is 115 g/mol. The molecule has 0 spiro atoms. The van der Waals surface area contributed by atoms with Crippen LogP contribution in [0.25, 0.3) is 0 Å². The number of hydrogen-bond acceptors (Lipinski definition) is 0. The predicted octanol–water partition coefficient (Wildman–Crippen LogP) is 2.39. The second-order valence-electron chi connectivity index (χ2n) is 2.20. The highest BCUT2D eigenvalue weighted by Crippen LogP contribution is 2.03. The van der Waals surface area contributed by atoms with Crippen LogP contribution in [0, 0.1) is 0 Å². The largest absolute Gasteiger partial charge is 0.233 e. The molecule has 0 saturated carbocycles. The minimum Gasteiger partial charge on any atom is -0.233 e. The van der Waals surface area contributed by atoms with Crippen LogP contribution < -0.4 is 0 Å². The van der Waals surface area contributed by atoms with Crippen LogP contribution in [-0.4, -0.2) is 6.10 Å². The summed E-state index contributed by atoms with van der Waals surface area (Å²) >= 11 is 0. The van der Waals surface area contributed by atoms with Crippen LogP contribution >= 0.6 is 0 Å². The van der Waals surface area contributed by atoms with Gasteiger partial charge in [-0.25, -0.2) is 5.11 Å². The Kier molecular flexibility index (Phi) is 5.08. The van der Waals surface area contributed by atoms with Crippen LogP contribution in [-0.2, 0) is 5.11 Å². The topological polar surface area (TPSA) is 19.9 Å². The van der Waals surface area contributed by atoms with Gasteiger partial charge in [0.25, 0.3) is 0 Å². The molecular formula is C7H15O. The molecule has 1 nitrogen and oxygen atoms in total. The molecule has 0 aliphatic carbocycles. The van der Waals surface area contributed by atoms with Crippen molar-refractivity contribution in [2.45, 2.75) is 45.6 Å². The van der Waals surface area contributed by atoms with E-state index >= 15 is 0 Å². The number of rotatable bonds is 4. The Balaban J connectivity index is 2.92. The summed E-state index contributed by atoms with van der Waals surface area (Å²) in [5, 5.41) is 10.7. The van der Waals surface area contributed by atoms with Gasteiger partial charge < -0.3 is 0 Å². The average Bonchev–Trinajstić information content (AvgIpc) is 1.68. The fraction of sp³-hybridized carbons (Fsp3) is 1.00. The Morgan fingerprint density at radius 2 is 1.50 bits per heavy atom. The van der Waals surface area contributed by atoms with Crippen LogP contribution in [0.3, 0.4) is 0 Å². The summed E-state index contributed by atoms with van der Waals surface area (Å²) in [7, 11) is 0. The molecule has 0 aromatic rings. The van der Waals surface area contributed by atoms with E-state index in [4.69, 9.17) is 0 Å². The summed E-state index contributed by atoms with van der Waals surface area (Å²) in [5.74, 6) is 0. The lowest BCUT2D eigenvalue weighted by Gasteiger charge is -2.01. The summed E-state index contributed by atoms with van der Waals surface area (Å²) in [4.78, 5) is 0. The van der Waals surface area contributed by atoms with Crippen molar-refractivity contribution in [1.29, 1.82) is 0 Å². The molecular weight excluding hydrogens is 100 g/mol. The van der Waals surface area contributed by atoms with Crippen molar-refractivity contribution in [3.63, 3.8) is 0 Å². The van der Waals surface area contributed by atoms with E-state index in [1.54, 1.807) is 0 Å². The Morgan fingerprint density at radius 3 is 1.75 bits per heavy atom. The maximum absolute atomic E-state index is 10.7. The molecule has 0 bridgehead atoms. The lowest BCUT2D eigenvalue weighted by molar-refractivity contribution is 0.0725. The Morgan fingerprint density at radius 1 is 1.12 bits per heavy atom. The first-order valence-electron chi connectivity index (χ1n) is 3.47. The molecule has 0 aliphatic heterocycles. The first-order chi connectivity index (χ1) is 3.81. The quantitative estimate of drug-likeness (QED) is 0.536. The van der Waals surface area contributed by atoms with E-state index in [1.807, 2.05) is 0 Å². The van der Waals surface area contributed by atoms with Crippen LogP contribution in [0.1, 0.15) is 39.5 Å². The van der Waals surface area contributed by atoms with E-state index in [2.05, 4.69) is 13.8 Å². The highest BCUT2D eigenvalue weighted by atomic mass is 16.3. The third kappa shape index (κ3) is 4.13. The molecule has 0 aromatic heterocycles. The molecule has 0 rings (SSSR count). The standard InChI is InChI=1S/C7H15O/c1-3-5-7(8)6-4-2/h7H,3-6H2,1-2H3. The van der Waals surface area contributed by atoms with Crippen LogP contribution in [0.4, 0.5) is 0 Å². The molecule has 0 saturated heterocycles. The highest BCUT2D eigenvalue weighted by Gasteiger charge is 2.00. The Labute approximate surface area is 51.7 Å². The van der Waals surface area contributed by atoms with E-state index in [9.17, 15) is 5.11 Å². The maximum atomic E-state index is 10.7. The summed E-state index contributed by atoms with van der Waals surface area (Å²) in [6.45, 7) is 4.11. The second kappa shape index (κ2) is 5.10. The summed E-state index contributed by atoms with van der Waals surface area (Å²) in [6.07, 6.45) is 3.49. The lowest BCUT2D eigenvalue weighted by atomic mass is 10.1. The first-order valence-corrected chi connectivity index (χ1v) is 3.47. The van der Waals surface area contributed by atoms with E-state index in [0.29, 0.717) is 0 Å². The van der Waals surface area contributed by atoms with Crippen molar-refractivity contribution < 1.29 is 5.11 Å². The zero-order valence-corrected chi connectivity index (χ0v) is 5.81. The molecule has 0 heterocycles. The molecule has 0 atom stereocenters. The molecule has 49 valence electrons. The third-order valence-electron chi connectivity index (χ3n) is 1.22. The molecule has 0 N–H and O–H groups in total. The van der Waals surface area contributed by atoms with Gasteiger partial charge >= 0.3 is 0 Å². The SMILES string of the molecule is CCCC([O])CCC. The van der Waals surface area contributed by atoms with Crippen LogP contribution in [0.15, 0.2) is 0 Å². The first kappa shape index (κ1) is 7.96. The van der Waals surface area contributed by atoms with Gasteiger partial charge in [0.05, 0.1) is 6.10 Å². The van der Waals surface area contributed by atoms with E-state index < -0.39 is 0 Å². The van der Waals surface area contributed by atoms with E-state index in [-0.39, 0.29) is 6.10 Å². The zero-order chi connectivity index (χ0) is 6.41. The Hall–Kier alpha value is -0.0400. The molecule has 8 heavy (non-hydrogen) atoms. The van der Waals surface area contributed by atoms with Crippen molar-refractivity contribution in [3.05, 3.63) is 0 Å². The summed E-state index contributed by atoms with van der Waals surface area (Å²) in [6, 6.07) is 0. The second-order valence-corrected chi connectivity index (χ2v) is 2.20. The minimum absolute atomic E-state index is 0.287. The van der Waals surface area contributed by atoms with Gasteiger partial charge in [-0.15, -0.1) is 0 Å². The van der Waals surface area contributed by atoms with Gasteiger partial charge in [-0.3, -0.25) is 0 Å². The Bertz CT molecular complexity index is 37.7. The van der Waals surface area contributed by atoms with Gasteiger partial charge in [0, 0.05) is 0 Å². The summed E-state index contributed by atoms with van der Waals surface area (Å²) in [5.41, 5.74) is 0. The fourth-order valence-electron chi connectivity index (χ4n) is 0.788. The van der Waals surface area contributed by atoms with E-state index in [1.165, 1.54) is 0 Å². The van der Waals surface area contributed by atoms with Crippen molar-refractivity contribution >= 4 is 0 Å². The third-order valence-corrected chi connectivity index (χ3v) is 1.22. The van der Waals surface area contributed by atoms with Gasteiger partial charge in [-0.1, -0.05) is 26.7 Å². The van der Waals surface area contributed by atoms with Gasteiger partial charge in [0.15, 0.2) is 0 Å². The smallest absolute Gasteiger partial charge is 0.0929 e. The van der Waals surface area contributed by atoms with Gasteiger partial charge in [-0.2, -0.15) is 0 Å². The molecule has 0 fully saturated rings. The van der Waals surface area contributed by atoms with Crippen molar-refractivity contribution in [2.75, 3.05) is 0 Å². The van der Waals surface area contributed by atoms with E-state index in [0.717, 1.165) is 25.7 Å². The normalized spacial score (nSPS) is 10.5. The molecule has 0 unspecified atom stereocenters. The molecule has 0 aromatic carbocycles. The minimum atomic E-state index is -0.287. The maximum Gasteiger partial charge on any atom is 0.0929 e. The lowest BCUT2D eigenvalue weighted by Crippen LogP contribution is -2.01. The van der Waals surface area contributed by atoms with Gasteiger partial charge in [-0.05, 0) is 12.8 Å². The fourth-order valence-corrected chi connectivity index (χ4v) is 0.788. The molecule has 1 heteroatoms. The predicted molar refractivity (Wildman–Crippen MR) is 34.3 cm³/mol. The van der Waals surface area contributed by atoms with Crippen LogP contribution in [0.5, 0.6) is 0 Å². The molecule has 0 aliphatic rings. The summed E-state index contributed by atoms with van der Waals surface area (Å²) < 4.78 is 0. The van der Waals surface area contributed by atoms with Crippen molar-refractivity contribution in [1.82, 2.24) is 0 Å². The van der Waals surface area contributed by atoms with Crippen LogP contribution in [0.2, 0.25) is 0 Å². The van der Waals surface area contributed by atoms with Gasteiger partial charge in [0.1, 0.15) is 0 Å². The molecule has 0 amide bonds. The van der Waals surface area contributed by atoms with Crippen molar-refractivity contribution in [2.24, 2.45) is 0 Å². The molecule has 1 radical (unpaired) electrons. The van der Waals surface area contributed by atoms with Crippen molar-refractivity contribution in [3.8, 4) is 0 Å². The van der Waals surface area contributed by atoms with Gasteiger partial charge in [0.2, 0.25) is 0 Å². The number of hydrogen-bond donors (Lipinski definition) is 0.